The van der Waals surface area contributed by atoms with Gasteiger partial charge in [-0.2, -0.15) is 0 Å². The highest BCUT2D eigenvalue weighted by atomic mass is 19.1. The monoisotopic (exact) mass is 357 g/mol. The second-order valence-electron chi connectivity index (χ2n) is 8.66. The van der Waals surface area contributed by atoms with E-state index in [1.54, 1.807) is 12.1 Å². The van der Waals surface area contributed by atoms with Gasteiger partial charge in [-0.25, -0.2) is 4.39 Å². The van der Waals surface area contributed by atoms with Gasteiger partial charge in [-0.3, -0.25) is 4.79 Å². The molecule has 3 nitrogen and oxygen atoms in total. The van der Waals surface area contributed by atoms with Crippen molar-refractivity contribution in [2.24, 2.45) is 23.2 Å². The van der Waals surface area contributed by atoms with Gasteiger partial charge in [-0.1, -0.05) is 31.2 Å². The molecule has 0 amide bonds. The number of carbonyl (C=O) groups excluding carboxylic acids is 1. The highest BCUT2D eigenvalue weighted by Gasteiger charge is 2.54. The molecule has 140 valence electrons. The van der Waals surface area contributed by atoms with Crippen molar-refractivity contribution in [3.05, 3.63) is 47.8 Å². The van der Waals surface area contributed by atoms with E-state index in [4.69, 9.17) is 4.74 Å². The summed E-state index contributed by atoms with van der Waals surface area (Å²) in [5.41, 5.74) is 2.63. The lowest BCUT2D eigenvalue weighted by Crippen LogP contribution is -2.45. The van der Waals surface area contributed by atoms with Crippen LogP contribution in [-0.2, 0) is 16.1 Å². The van der Waals surface area contributed by atoms with E-state index >= 15 is 0 Å². The first-order valence-electron chi connectivity index (χ1n) is 9.79. The molecule has 3 aliphatic rings. The maximum Gasteiger partial charge on any atom is 0.310 e. The summed E-state index contributed by atoms with van der Waals surface area (Å²) in [6.45, 7) is 7.94. The first kappa shape index (κ1) is 17.7. The Labute approximate surface area is 155 Å². The fraction of sp³-hybridized carbons (Fsp3) is 0.591. The topological polar surface area (TPSA) is 38.3 Å². The number of hydrogen-bond acceptors (Lipinski definition) is 3. The predicted octanol–water partition coefficient (Wildman–Crippen LogP) is 4.23. The van der Waals surface area contributed by atoms with Gasteiger partial charge in [-0.15, -0.1) is 0 Å². The van der Waals surface area contributed by atoms with Crippen LogP contribution in [0.1, 0.15) is 44.6 Å². The molecule has 0 aromatic heterocycles. The second-order valence-corrected chi connectivity index (χ2v) is 8.66. The maximum absolute atomic E-state index is 13.0. The first-order valence-corrected chi connectivity index (χ1v) is 9.79. The van der Waals surface area contributed by atoms with E-state index in [9.17, 15) is 9.18 Å². The van der Waals surface area contributed by atoms with E-state index in [0.717, 1.165) is 24.8 Å². The van der Waals surface area contributed by atoms with Gasteiger partial charge >= 0.3 is 5.97 Å². The van der Waals surface area contributed by atoms with Gasteiger partial charge in [0.2, 0.25) is 0 Å². The molecule has 4 rings (SSSR count). The number of carbonyl (C=O) groups is 1. The van der Waals surface area contributed by atoms with Crippen molar-refractivity contribution in [2.45, 2.75) is 51.7 Å². The Morgan fingerprint density at radius 2 is 2.12 bits per heavy atom. The Balaban J connectivity index is 1.40. The predicted molar refractivity (Wildman–Crippen MR) is 98.8 cm³/mol. The molecular formula is C22H28FNO2. The van der Waals surface area contributed by atoms with Gasteiger partial charge in [0.1, 0.15) is 11.9 Å². The van der Waals surface area contributed by atoms with Crippen LogP contribution in [0.25, 0.3) is 0 Å². The van der Waals surface area contributed by atoms with Crippen LogP contribution in [0, 0.1) is 29.0 Å². The van der Waals surface area contributed by atoms with Gasteiger partial charge in [-0.05, 0) is 61.1 Å². The van der Waals surface area contributed by atoms with E-state index in [1.165, 1.54) is 30.5 Å². The zero-order chi connectivity index (χ0) is 18.3. The lowest BCUT2D eigenvalue weighted by Gasteiger charge is -2.50. The Morgan fingerprint density at radius 3 is 2.88 bits per heavy atom. The van der Waals surface area contributed by atoms with Gasteiger partial charge in [0.15, 0.2) is 0 Å². The zero-order valence-corrected chi connectivity index (χ0v) is 15.5. The van der Waals surface area contributed by atoms with E-state index < -0.39 is 0 Å². The number of fused-ring (bicyclic) bond motifs is 2. The van der Waals surface area contributed by atoms with Crippen molar-refractivity contribution in [1.82, 2.24) is 5.32 Å². The third kappa shape index (κ3) is 3.20. The Bertz CT molecular complexity index is 701. The van der Waals surface area contributed by atoms with E-state index in [0.29, 0.717) is 19.0 Å². The number of halogens is 1. The summed E-state index contributed by atoms with van der Waals surface area (Å²) >= 11 is 0. The minimum atomic E-state index is -0.228. The standard InChI is InChI=1S/C22H28FNO2/c1-14-4-3-9-22(2)11-20-17(10-19(14)22)18(21(25)26-20)13-24-12-15-5-7-16(23)8-6-15/h5-8,17-20,24H,1,3-4,9-13H2,2H3/t17-,18+,19-,20-,22-/m1/s1. The lowest BCUT2D eigenvalue weighted by atomic mass is 9.55. The Hall–Kier alpha value is -1.68. The molecule has 5 atom stereocenters. The fourth-order valence-electron chi connectivity index (χ4n) is 5.46. The van der Waals surface area contributed by atoms with Gasteiger partial charge < -0.3 is 10.1 Å². The summed E-state index contributed by atoms with van der Waals surface area (Å²) in [7, 11) is 0. The molecule has 0 radical (unpaired) electrons. The molecule has 3 fully saturated rings. The summed E-state index contributed by atoms with van der Waals surface area (Å²) in [6.07, 6.45) is 5.60. The molecule has 1 aliphatic heterocycles. The minimum Gasteiger partial charge on any atom is -0.462 e. The number of benzene rings is 1. The number of ether oxygens (including phenoxy) is 1. The summed E-state index contributed by atoms with van der Waals surface area (Å²) in [5, 5.41) is 3.37. The third-order valence-corrected chi connectivity index (χ3v) is 6.93. The van der Waals surface area contributed by atoms with Crippen molar-refractivity contribution < 1.29 is 13.9 Å². The van der Waals surface area contributed by atoms with Crippen molar-refractivity contribution in [2.75, 3.05) is 6.54 Å². The minimum absolute atomic E-state index is 0.0561. The molecule has 1 aromatic rings. The van der Waals surface area contributed by atoms with Gasteiger partial charge in [0.05, 0.1) is 5.92 Å². The van der Waals surface area contributed by atoms with E-state index in [1.807, 2.05) is 0 Å². The number of esters is 1. The van der Waals surface area contributed by atoms with Crippen LogP contribution in [0.2, 0.25) is 0 Å². The van der Waals surface area contributed by atoms with Crippen LogP contribution >= 0.6 is 0 Å². The molecule has 0 spiro atoms. The normalized spacial score (nSPS) is 36.4. The van der Waals surface area contributed by atoms with Gasteiger partial charge in [0.25, 0.3) is 0 Å². The average Bonchev–Trinajstić information content (AvgIpc) is 2.89. The van der Waals surface area contributed by atoms with Crippen LogP contribution < -0.4 is 5.32 Å². The average molecular weight is 357 g/mol. The summed E-state index contributed by atoms with van der Waals surface area (Å²) in [4.78, 5) is 12.5. The van der Waals surface area contributed by atoms with Crippen LogP contribution in [0.15, 0.2) is 36.4 Å². The number of hydrogen-bond donors (Lipinski definition) is 1. The molecule has 1 N–H and O–H groups in total. The van der Waals surface area contributed by atoms with Crippen LogP contribution in [-0.4, -0.2) is 18.6 Å². The number of allylic oxidation sites excluding steroid dienone is 1. The van der Waals surface area contributed by atoms with Crippen LogP contribution in [0.3, 0.4) is 0 Å². The van der Waals surface area contributed by atoms with Crippen molar-refractivity contribution in [1.29, 1.82) is 0 Å². The van der Waals surface area contributed by atoms with Crippen molar-refractivity contribution >= 4 is 5.97 Å². The van der Waals surface area contributed by atoms with Crippen LogP contribution in [0.5, 0.6) is 0 Å². The summed E-state index contributed by atoms with van der Waals surface area (Å²) in [5.74, 6) is 0.441. The highest BCUT2D eigenvalue weighted by Crippen LogP contribution is 2.56. The van der Waals surface area contributed by atoms with Gasteiger partial charge in [0, 0.05) is 19.0 Å². The molecule has 0 bridgehead atoms. The molecule has 26 heavy (non-hydrogen) atoms. The fourth-order valence-corrected chi connectivity index (χ4v) is 5.46. The van der Waals surface area contributed by atoms with Crippen LogP contribution in [0.4, 0.5) is 4.39 Å². The smallest absolute Gasteiger partial charge is 0.310 e. The zero-order valence-electron chi connectivity index (χ0n) is 15.5. The number of nitrogens with one attached hydrogen (secondary N) is 1. The second kappa shape index (κ2) is 6.80. The Kier molecular flexibility index (Phi) is 4.64. The molecule has 2 saturated carbocycles. The molecular weight excluding hydrogens is 329 g/mol. The largest absolute Gasteiger partial charge is 0.462 e. The molecule has 1 aromatic carbocycles. The van der Waals surface area contributed by atoms with E-state index in [-0.39, 0.29) is 35.1 Å². The van der Waals surface area contributed by atoms with Crippen molar-refractivity contribution in [3.63, 3.8) is 0 Å². The molecule has 2 aliphatic carbocycles. The molecule has 1 heterocycles. The summed E-state index contributed by atoms with van der Waals surface area (Å²) < 4.78 is 18.8. The van der Waals surface area contributed by atoms with E-state index in [2.05, 4.69) is 18.8 Å². The quantitative estimate of drug-likeness (QED) is 0.647. The molecule has 1 saturated heterocycles. The first-order chi connectivity index (χ1) is 12.5. The SMILES string of the molecule is C=C1CCC[C@]2(C)C[C@H]3OC(=O)[C@@H](CNCc4ccc(F)cc4)[C@H]3C[C@H]12. The summed E-state index contributed by atoms with van der Waals surface area (Å²) in [6, 6.07) is 6.48. The number of rotatable bonds is 4. The lowest BCUT2D eigenvalue weighted by molar-refractivity contribution is -0.146. The maximum atomic E-state index is 13.0. The highest BCUT2D eigenvalue weighted by molar-refractivity contribution is 5.75. The molecule has 4 heteroatoms. The molecule has 0 unspecified atom stereocenters. The Morgan fingerprint density at radius 1 is 1.35 bits per heavy atom. The third-order valence-electron chi connectivity index (χ3n) is 6.93. The van der Waals surface area contributed by atoms with Crippen molar-refractivity contribution in [3.8, 4) is 0 Å².